The summed E-state index contributed by atoms with van der Waals surface area (Å²) in [6.07, 6.45) is 5.93. The molecule has 0 aliphatic carbocycles. The lowest BCUT2D eigenvalue weighted by molar-refractivity contribution is 0.370. The standard InChI is InChI=1S/C20H29N5/c1-4-21-19(24-15-11-20(2,3)16-24)22-13-10-17-6-8-18(9-7-17)25-14-5-12-23-25/h5-9,12,14H,4,10-11,13,15-16H2,1-3H3,(H,21,22). The van der Waals surface area contributed by atoms with E-state index < -0.39 is 0 Å². The Labute approximate surface area is 150 Å². The predicted molar refractivity (Wildman–Crippen MR) is 103 cm³/mol. The molecule has 1 aliphatic heterocycles. The van der Waals surface area contributed by atoms with Crippen LogP contribution in [0.5, 0.6) is 0 Å². The van der Waals surface area contributed by atoms with Crippen molar-refractivity contribution in [1.29, 1.82) is 0 Å². The first-order chi connectivity index (χ1) is 12.1. The molecule has 1 aromatic heterocycles. The summed E-state index contributed by atoms with van der Waals surface area (Å²) in [5, 5.41) is 7.70. The second kappa shape index (κ2) is 7.72. The first-order valence-electron chi connectivity index (χ1n) is 9.20. The van der Waals surface area contributed by atoms with Crippen molar-refractivity contribution in [3.63, 3.8) is 0 Å². The molecular formula is C20H29N5. The third-order valence-corrected chi connectivity index (χ3v) is 4.68. The number of likely N-dealkylation sites (tertiary alicyclic amines) is 1. The second-order valence-electron chi connectivity index (χ2n) is 7.44. The Morgan fingerprint density at radius 2 is 2.08 bits per heavy atom. The summed E-state index contributed by atoms with van der Waals surface area (Å²) in [5.41, 5.74) is 2.78. The number of hydrogen-bond donors (Lipinski definition) is 1. The first kappa shape index (κ1) is 17.5. The molecule has 0 bridgehead atoms. The average Bonchev–Trinajstić information content (AvgIpc) is 3.24. The molecule has 2 aromatic rings. The molecule has 2 heterocycles. The van der Waals surface area contributed by atoms with Gasteiger partial charge in [0.25, 0.3) is 0 Å². The van der Waals surface area contributed by atoms with Crippen molar-refractivity contribution in [2.45, 2.75) is 33.6 Å². The molecule has 0 atom stereocenters. The minimum atomic E-state index is 0.387. The van der Waals surface area contributed by atoms with Crippen molar-refractivity contribution in [3.05, 3.63) is 48.3 Å². The van der Waals surface area contributed by atoms with Crippen molar-refractivity contribution in [1.82, 2.24) is 20.0 Å². The summed E-state index contributed by atoms with van der Waals surface area (Å²) in [5.74, 6) is 1.06. The quantitative estimate of drug-likeness (QED) is 0.672. The fraction of sp³-hybridized carbons (Fsp3) is 0.500. The zero-order chi connectivity index (χ0) is 17.7. The third kappa shape index (κ3) is 4.62. The maximum atomic E-state index is 4.84. The molecule has 1 saturated heterocycles. The van der Waals surface area contributed by atoms with Crippen LogP contribution in [0.1, 0.15) is 32.8 Å². The molecule has 0 saturated carbocycles. The van der Waals surface area contributed by atoms with Crippen LogP contribution in [0.15, 0.2) is 47.7 Å². The molecule has 0 amide bonds. The van der Waals surface area contributed by atoms with Crippen LogP contribution in [-0.4, -0.2) is 46.8 Å². The van der Waals surface area contributed by atoms with Crippen LogP contribution in [0, 0.1) is 5.41 Å². The minimum absolute atomic E-state index is 0.387. The van der Waals surface area contributed by atoms with Gasteiger partial charge in [-0.05, 0) is 48.9 Å². The second-order valence-corrected chi connectivity index (χ2v) is 7.44. The van der Waals surface area contributed by atoms with Gasteiger partial charge in [-0.15, -0.1) is 0 Å². The summed E-state index contributed by atoms with van der Waals surface area (Å²) < 4.78 is 1.88. The van der Waals surface area contributed by atoms with Gasteiger partial charge < -0.3 is 10.2 Å². The van der Waals surface area contributed by atoms with Gasteiger partial charge in [-0.2, -0.15) is 5.10 Å². The zero-order valence-corrected chi connectivity index (χ0v) is 15.6. The van der Waals surface area contributed by atoms with Gasteiger partial charge in [-0.25, -0.2) is 4.68 Å². The lowest BCUT2D eigenvalue weighted by atomic mass is 9.93. The SMILES string of the molecule is CCNC(=NCCc1ccc(-n2cccn2)cc1)N1CCC(C)(C)C1. The van der Waals surface area contributed by atoms with Crippen LogP contribution in [0.3, 0.4) is 0 Å². The van der Waals surface area contributed by atoms with Crippen LogP contribution in [0.2, 0.25) is 0 Å². The van der Waals surface area contributed by atoms with E-state index in [1.165, 1.54) is 12.0 Å². The van der Waals surface area contributed by atoms with Gasteiger partial charge >= 0.3 is 0 Å². The van der Waals surface area contributed by atoms with Gasteiger partial charge in [0.15, 0.2) is 5.96 Å². The van der Waals surface area contributed by atoms with Crippen LogP contribution < -0.4 is 5.32 Å². The Hall–Kier alpha value is -2.30. The molecule has 1 aliphatic rings. The minimum Gasteiger partial charge on any atom is -0.357 e. The van der Waals surface area contributed by atoms with Gasteiger partial charge in [0.2, 0.25) is 0 Å². The molecule has 25 heavy (non-hydrogen) atoms. The van der Waals surface area contributed by atoms with E-state index in [4.69, 9.17) is 4.99 Å². The molecule has 1 N–H and O–H groups in total. The molecule has 5 nitrogen and oxygen atoms in total. The molecule has 134 valence electrons. The van der Waals surface area contributed by atoms with E-state index >= 15 is 0 Å². The largest absolute Gasteiger partial charge is 0.357 e. The normalized spacial score (nSPS) is 17.1. The summed E-state index contributed by atoms with van der Waals surface area (Å²) in [7, 11) is 0. The van der Waals surface area contributed by atoms with Crippen LogP contribution in [0.4, 0.5) is 0 Å². The number of aliphatic imine (C=N–C) groups is 1. The molecule has 0 spiro atoms. The average molecular weight is 339 g/mol. The van der Waals surface area contributed by atoms with Gasteiger partial charge in [0.1, 0.15) is 0 Å². The fourth-order valence-corrected chi connectivity index (χ4v) is 3.25. The predicted octanol–water partition coefficient (Wildman–Crippen LogP) is 3.11. The van der Waals surface area contributed by atoms with Gasteiger partial charge in [0, 0.05) is 38.6 Å². The summed E-state index contributed by atoms with van der Waals surface area (Å²) in [4.78, 5) is 7.24. The van der Waals surface area contributed by atoms with Crippen molar-refractivity contribution < 1.29 is 0 Å². The molecule has 3 rings (SSSR count). The van der Waals surface area contributed by atoms with E-state index in [0.717, 1.165) is 44.2 Å². The molecule has 0 unspecified atom stereocenters. The highest BCUT2D eigenvalue weighted by Crippen LogP contribution is 2.28. The summed E-state index contributed by atoms with van der Waals surface area (Å²) in [6.45, 7) is 10.7. The molecule has 1 fully saturated rings. The van der Waals surface area contributed by atoms with E-state index in [0.29, 0.717) is 5.41 Å². The third-order valence-electron chi connectivity index (χ3n) is 4.68. The van der Waals surface area contributed by atoms with Crippen molar-refractivity contribution >= 4 is 5.96 Å². The zero-order valence-electron chi connectivity index (χ0n) is 15.6. The van der Waals surface area contributed by atoms with E-state index in [2.05, 4.69) is 60.4 Å². The Morgan fingerprint density at radius 1 is 1.28 bits per heavy atom. The van der Waals surface area contributed by atoms with Crippen molar-refractivity contribution in [3.8, 4) is 5.69 Å². The lowest BCUT2D eigenvalue weighted by Gasteiger charge is -2.23. The number of benzene rings is 1. The Balaban J connectivity index is 1.58. The van der Waals surface area contributed by atoms with Crippen LogP contribution >= 0.6 is 0 Å². The van der Waals surface area contributed by atoms with Crippen molar-refractivity contribution in [2.24, 2.45) is 10.4 Å². The summed E-state index contributed by atoms with van der Waals surface area (Å²) >= 11 is 0. The Morgan fingerprint density at radius 3 is 2.68 bits per heavy atom. The fourth-order valence-electron chi connectivity index (χ4n) is 3.25. The van der Waals surface area contributed by atoms with E-state index in [-0.39, 0.29) is 0 Å². The monoisotopic (exact) mass is 339 g/mol. The topological polar surface area (TPSA) is 45.5 Å². The van der Waals surface area contributed by atoms with Gasteiger partial charge in [-0.3, -0.25) is 4.99 Å². The highest BCUT2D eigenvalue weighted by atomic mass is 15.3. The highest BCUT2D eigenvalue weighted by Gasteiger charge is 2.30. The van der Waals surface area contributed by atoms with E-state index in [9.17, 15) is 0 Å². The first-order valence-corrected chi connectivity index (χ1v) is 9.20. The number of nitrogens with zero attached hydrogens (tertiary/aromatic N) is 4. The van der Waals surface area contributed by atoms with E-state index in [1.54, 1.807) is 6.20 Å². The Kier molecular flexibility index (Phi) is 5.41. The van der Waals surface area contributed by atoms with Crippen LogP contribution in [0.25, 0.3) is 5.69 Å². The molecule has 1 aromatic carbocycles. The number of hydrogen-bond acceptors (Lipinski definition) is 2. The number of guanidine groups is 1. The van der Waals surface area contributed by atoms with E-state index in [1.807, 2.05) is 16.9 Å². The molecule has 0 radical (unpaired) electrons. The van der Waals surface area contributed by atoms with Gasteiger partial charge in [-0.1, -0.05) is 26.0 Å². The maximum absolute atomic E-state index is 4.84. The number of rotatable bonds is 5. The summed E-state index contributed by atoms with van der Waals surface area (Å²) in [6, 6.07) is 10.5. The smallest absolute Gasteiger partial charge is 0.193 e. The van der Waals surface area contributed by atoms with Gasteiger partial charge in [0.05, 0.1) is 5.69 Å². The molecule has 5 heteroatoms. The number of nitrogens with one attached hydrogen (secondary N) is 1. The Bertz CT molecular complexity index is 685. The van der Waals surface area contributed by atoms with Crippen LogP contribution in [-0.2, 0) is 6.42 Å². The maximum Gasteiger partial charge on any atom is 0.193 e. The lowest BCUT2D eigenvalue weighted by Crippen LogP contribution is -2.40. The number of aromatic nitrogens is 2. The molecular weight excluding hydrogens is 310 g/mol. The highest BCUT2D eigenvalue weighted by molar-refractivity contribution is 5.80. The van der Waals surface area contributed by atoms with Crippen molar-refractivity contribution in [2.75, 3.05) is 26.2 Å².